The fourth-order valence-electron chi connectivity index (χ4n) is 6.45. The summed E-state index contributed by atoms with van der Waals surface area (Å²) >= 11 is 0. The maximum absolute atomic E-state index is 15.2. The average Bonchev–Trinajstić information content (AvgIpc) is 3.63. The first-order chi connectivity index (χ1) is 19.8. The summed E-state index contributed by atoms with van der Waals surface area (Å²) in [5.41, 5.74) is 3.39. The molecule has 0 bridgehead atoms. The van der Waals surface area contributed by atoms with E-state index in [1.165, 1.54) is 0 Å². The van der Waals surface area contributed by atoms with Crippen molar-refractivity contribution in [2.24, 2.45) is 0 Å². The van der Waals surface area contributed by atoms with Gasteiger partial charge >= 0.3 is 0 Å². The number of hydrogen-bond acceptors (Lipinski definition) is 8. The van der Waals surface area contributed by atoms with E-state index in [9.17, 15) is 10.5 Å². The quantitative estimate of drug-likeness (QED) is 0.367. The molecule has 2 saturated heterocycles. The first-order valence-corrected chi connectivity index (χ1v) is 13.9. The number of likely N-dealkylation sites (tertiary alicyclic amines) is 2. The molecule has 6 rings (SSSR count). The van der Waals surface area contributed by atoms with E-state index in [0.717, 1.165) is 54.8 Å². The SMILES string of the molecule is C[C@H]1CC(N2CC(CC#N)(n3cc(-c4ncnc5[nH]ccc45)cn3)C2)CCN1Cc1ccc(N(C)C)c(C#N)c1F. The molecule has 210 valence electrons. The molecule has 1 aromatic carbocycles. The molecule has 0 spiro atoms. The van der Waals surface area contributed by atoms with Gasteiger partial charge < -0.3 is 9.88 Å². The number of fused-ring (bicyclic) bond motifs is 1. The molecule has 41 heavy (non-hydrogen) atoms. The van der Waals surface area contributed by atoms with Crippen molar-refractivity contribution >= 4 is 16.7 Å². The number of benzene rings is 1. The van der Waals surface area contributed by atoms with Crippen molar-refractivity contribution in [3.63, 3.8) is 0 Å². The second-order valence-electron chi connectivity index (χ2n) is 11.5. The van der Waals surface area contributed by atoms with E-state index in [0.29, 0.717) is 30.3 Å². The Labute approximate surface area is 238 Å². The third kappa shape index (κ3) is 4.71. The van der Waals surface area contributed by atoms with Crippen molar-refractivity contribution in [2.75, 3.05) is 38.6 Å². The summed E-state index contributed by atoms with van der Waals surface area (Å²) < 4.78 is 17.2. The number of rotatable bonds is 7. The number of nitriles is 2. The summed E-state index contributed by atoms with van der Waals surface area (Å²) in [6, 6.07) is 10.7. The van der Waals surface area contributed by atoms with E-state index in [1.54, 1.807) is 17.3 Å². The Bertz CT molecular complexity index is 1650. The van der Waals surface area contributed by atoms with Crippen LogP contribution in [0.4, 0.5) is 10.1 Å². The molecule has 0 radical (unpaired) electrons. The second-order valence-corrected chi connectivity index (χ2v) is 11.5. The molecule has 10 nitrogen and oxygen atoms in total. The van der Waals surface area contributed by atoms with Crippen LogP contribution >= 0.6 is 0 Å². The molecule has 4 aromatic rings. The number of nitrogens with zero attached hydrogens (tertiary/aromatic N) is 9. The third-order valence-electron chi connectivity index (χ3n) is 8.77. The first kappa shape index (κ1) is 26.9. The second kappa shape index (κ2) is 10.6. The van der Waals surface area contributed by atoms with E-state index >= 15 is 4.39 Å². The molecule has 3 aromatic heterocycles. The number of aromatic amines is 1. The summed E-state index contributed by atoms with van der Waals surface area (Å²) in [5.74, 6) is -0.421. The van der Waals surface area contributed by atoms with Crippen LogP contribution in [-0.4, -0.2) is 80.3 Å². The molecule has 2 aliphatic rings. The van der Waals surface area contributed by atoms with Crippen molar-refractivity contribution in [1.82, 2.24) is 34.5 Å². The highest BCUT2D eigenvalue weighted by Gasteiger charge is 2.48. The lowest BCUT2D eigenvalue weighted by Gasteiger charge is -2.54. The van der Waals surface area contributed by atoms with Crippen molar-refractivity contribution in [2.45, 2.75) is 50.4 Å². The molecule has 0 aliphatic carbocycles. The number of aromatic nitrogens is 5. The van der Waals surface area contributed by atoms with E-state index in [2.05, 4.69) is 42.8 Å². The number of anilines is 1. The Morgan fingerprint density at radius 2 is 2.02 bits per heavy atom. The van der Waals surface area contributed by atoms with Gasteiger partial charge in [-0.1, -0.05) is 6.07 Å². The van der Waals surface area contributed by atoms with Gasteiger partial charge in [0.15, 0.2) is 0 Å². The van der Waals surface area contributed by atoms with Gasteiger partial charge in [-0.2, -0.15) is 15.6 Å². The minimum absolute atomic E-state index is 0.100. The predicted octanol–water partition coefficient (Wildman–Crippen LogP) is 3.88. The summed E-state index contributed by atoms with van der Waals surface area (Å²) in [7, 11) is 3.63. The fourth-order valence-corrected chi connectivity index (χ4v) is 6.45. The highest BCUT2D eigenvalue weighted by atomic mass is 19.1. The van der Waals surface area contributed by atoms with Gasteiger partial charge in [-0.25, -0.2) is 14.4 Å². The Morgan fingerprint density at radius 3 is 2.76 bits per heavy atom. The van der Waals surface area contributed by atoms with Crippen molar-refractivity contribution < 1.29 is 4.39 Å². The van der Waals surface area contributed by atoms with E-state index in [-0.39, 0.29) is 17.1 Å². The van der Waals surface area contributed by atoms with Gasteiger partial charge in [0.25, 0.3) is 0 Å². The summed E-state index contributed by atoms with van der Waals surface area (Å²) in [5, 5.41) is 24.9. The van der Waals surface area contributed by atoms with Crippen LogP contribution < -0.4 is 4.90 Å². The molecule has 0 saturated carbocycles. The summed E-state index contributed by atoms with van der Waals surface area (Å²) in [6.45, 7) is 5.03. The predicted molar refractivity (Wildman–Crippen MR) is 153 cm³/mol. The Morgan fingerprint density at radius 1 is 1.20 bits per heavy atom. The van der Waals surface area contributed by atoms with Crippen LogP contribution in [0.1, 0.15) is 37.3 Å². The fraction of sp³-hybridized carbons (Fsp3) is 0.433. The largest absolute Gasteiger partial charge is 0.377 e. The van der Waals surface area contributed by atoms with E-state index in [1.807, 2.05) is 55.6 Å². The minimum Gasteiger partial charge on any atom is -0.377 e. The zero-order chi connectivity index (χ0) is 28.7. The normalized spacial score (nSPS) is 20.8. The van der Waals surface area contributed by atoms with Gasteiger partial charge in [0, 0.05) is 81.3 Å². The molecule has 2 fully saturated rings. The molecule has 2 atom stereocenters. The average molecular weight is 553 g/mol. The maximum atomic E-state index is 15.2. The number of hydrogen-bond donors (Lipinski definition) is 1. The van der Waals surface area contributed by atoms with Crippen molar-refractivity contribution in [3.8, 4) is 23.4 Å². The first-order valence-electron chi connectivity index (χ1n) is 13.9. The van der Waals surface area contributed by atoms with Crippen LogP contribution in [0.2, 0.25) is 0 Å². The lowest BCUT2D eigenvalue weighted by Crippen LogP contribution is -2.66. The number of H-pyrrole nitrogens is 1. The number of halogens is 1. The van der Waals surface area contributed by atoms with Crippen LogP contribution in [-0.2, 0) is 12.1 Å². The van der Waals surface area contributed by atoms with Crippen LogP contribution in [0, 0.1) is 28.5 Å². The number of nitrogens with one attached hydrogen (secondary N) is 1. The minimum atomic E-state index is -0.421. The summed E-state index contributed by atoms with van der Waals surface area (Å²) in [6.07, 6.45) is 9.52. The Balaban J connectivity index is 1.12. The van der Waals surface area contributed by atoms with Crippen LogP contribution in [0.3, 0.4) is 0 Å². The summed E-state index contributed by atoms with van der Waals surface area (Å²) in [4.78, 5) is 18.4. The molecular formula is C30H33FN10. The monoisotopic (exact) mass is 552 g/mol. The lowest BCUT2D eigenvalue weighted by molar-refractivity contribution is -0.0520. The highest BCUT2D eigenvalue weighted by molar-refractivity contribution is 5.90. The van der Waals surface area contributed by atoms with E-state index in [4.69, 9.17) is 0 Å². The molecule has 0 amide bonds. The third-order valence-corrected chi connectivity index (χ3v) is 8.77. The Hall–Kier alpha value is -4.32. The van der Waals surface area contributed by atoms with Gasteiger partial charge in [-0.15, -0.1) is 0 Å². The van der Waals surface area contributed by atoms with Crippen molar-refractivity contribution in [3.05, 3.63) is 60.1 Å². The topological polar surface area (TPSA) is 117 Å². The molecule has 1 unspecified atom stereocenters. The molecule has 1 N–H and O–H groups in total. The molecule has 2 aliphatic heterocycles. The zero-order valence-corrected chi connectivity index (χ0v) is 23.5. The highest BCUT2D eigenvalue weighted by Crippen LogP contribution is 2.38. The van der Waals surface area contributed by atoms with Gasteiger partial charge in [0.1, 0.15) is 35.0 Å². The van der Waals surface area contributed by atoms with Gasteiger partial charge in [0.2, 0.25) is 0 Å². The Kier molecular flexibility index (Phi) is 6.94. The van der Waals surface area contributed by atoms with Gasteiger partial charge in [-0.3, -0.25) is 14.5 Å². The van der Waals surface area contributed by atoms with E-state index < -0.39 is 5.82 Å². The lowest BCUT2D eigenvalue weighted by atomic mass is 9.83. The van der Waals surface area contributed by atoms with Gasteiger partial charge in [0.05, 0.1) is 30.1 Å². The van der Waals surface area contributed by atoms with Crippen LogP contribution in [0.25, 0.3) is 22.3 Å². The zero-order valence-electron chi connectivity index (χ0n) is 23.5. The molecule has 5 heterocycles. The standard InChI is InChI=1S/C30H33FN10/c1-20-12-23(7-11-39(20)15-21-4-5-26(38(2)3)25(13-33)27(21)31)40-17-30(18-40,8-9-32)41-16-22(14-37-41)28-24-6-10-34-29(24)36-19-35-28/h4-6,10,14,16,19-20,23H,7-8,11-12,15,17-18H2,1-3H3,(H,34,35,36)/t20-,23?/m0/s1. The number of piperidine rings is 1. The molecule has 11 heteroatoms. The van der Waals surface area contributed by atoms with Gasteiger partial charge in [-0.05, 0) is 31.9 Å². The van der Waals surface area contributed by atoms with Crippen molar-refractivity contribution in [1.29, 1.82) is 10.5 Å². The molecular weight excluding hydrogens is 519 g/mol. The smallest absolute Gasteiger partial charge is 0.147 e. The van der Waals surface area contributed by atoms with Crippen LogP contribution in [0.5, 0.6) is 0 Å². The maximum Gasteiger partial charge on any atom is 0.147 e. The van der Waals surface area contributed by atoms with Crippen LogP contribution in [0.15, 0.2) is 43.1 Å².